The fraction of sp³-hybridized carbons (Fsp3) is 0.438. The van der Waals surface area contributed by atoms with Gasteiger partial charge in [-0.2, -0.15) is 0 Å². The van der Waals surface area contributed by atoms with E-state index in [1.54, 1.807) is 4.68 Å². The van der Waals surface area contributed by atoms with E-state index >= 15 is 0 Å². The smallest absolute Gasteiger partial charge is 0.233 e. The number of para-hydroxylation sites is 1. The molecule has 3 rings (SSSR count). The van der Waals surface area contributed by atoms with Crippen LogP contribution < -0.4 is 0 Å². The van der Waals surface area contributed by atoms with Crippen molar-refractivity contribution >= 4 is 41.2 Å². The van der Waals surface area contributed by atoms with Gasteiger partial charge in [0.2, 0.25) is 5.91 Å². The monoisotopic (exact) mass is 365 g/mol. The number of hydrogen-bond donors (Lipinski definition) is 0. The highest BCUT2D eigenvalue weighted by Crippen LogP contribution is 2.25. The molecule has 1 aromatic heterocycles. The van der Waals surface area contributed by atoms with Crippen LogP contribution in [0.3, 0.4) is 0 Å². The second-order valence-corrected chi connectivity index (χ2v) is 8.45. The highest BCUT2D eigenvalue weighted by molar-refractivity contribution is 8.01. The molecule has 23 heavy (non-hydrogen) atoms. The summed E-state index contributed by atoms with van der Waals surface area (Å²) in [6.07, 6.45) is 3.45. The number of benzene rings is 1. The van der Waals surface area contributed by atoms with Gasteiger partial charge in [-0.3, -0.25) is 4.79 Å². The Hall–Kier alpha value is -1.18. The van der Waals surface area contributed by atoms with Crippen LogP contribution in [0.1, 0.15) is 26.2 Å². The summed E-state index contributed by atoms with van der Waals surface area (Å²) in [6.45, 7) is 3.02. The highest BCUT2D eigenvalue weighted by atomic mass is 32.2. The second kappa shape index (κ2) is 7.59. The van der Waals surface area contributed by atoms with Gasteiger partial charge in [0, 0.05) is 12.6 Å². The lowest BCUT2D eigenvalue weighted by atomic mass is 10.0. The standard InChI is InChI=1S/C16H19N3OS3/c1-12-7-5-6-10-18(12)14(20)11-22-15-17-19(16(21)23-15)13-8-3-2-4-9-13/h2-4,8-9,12H,5-7,10-11H2,1H3/t12-/m0/s1. The molecule has 0 unspecified atom stereocenters. The number of carbonyl (C=O) groups excluding carboxylic acids is 1. The molecule has 2 aromatic rings. The number of thioether (sulfide) groups is 1. The number of rotatable bonds is 4. The third-order valence-corrected chi connectivity index (χ3v) is 6.32. The number of hydrogen-bond acceptors (Lipinski definition) is 5. The minimum atomic E-state index is 0.203. The van der Waals surface area contributed by atoms with Crippen molar-refractivity contribution in [1.29, 1.82) is 0 Å². The number of likely N-dealkylation sites (tertiary alicyclic amines) is 1. The van der Waals surface area contributed by atoms with Crippen LogP contribution in [-0.2, 0) is 4.79 Å². The molecule has 1 saturated heterocycles. The average molecular weight is 366 g/mol. The Labute approximate surface area is 149 Å². The number of amides is 1. The predicted molar refractivity (Wildman–Crippen MR) is 98.0 cm³/mol. The molecule has 0 aliphatic carbocycles. The summed E-state index contributed by atoms with van der Waals surface area (Å²) in [5.41, 5.74) is 0.955. The van der Waals surface area contributed by atoms with Gasteiger partial charge in [-0.1, -0.05) is 41.3 Å². The normalized spacial score (nSPS) is 18.1. The van der Waals surface area contributed by atoms with Crippen LogP contribution in [0.25, 0.3) is 5.69 Å². The first-order valence-electron chi connectivity index (χ1n) is 7.73. The minimum absolute atomic E-state index is 0.203. The van der Waals surface area contributed by atoms with Crippen LogP contribution in [-0.4, -0.2) is 38.9 Å². The van der Waals surface area contributed by atoms with E-state index in [2.05, 4.69) is 12.0 Å². The van der Waals surface area contributed by atoms with Crippen LogP contribution >= 0.6 is 35.3 Å². The van der Waals surface area contributed by atoms with E-state index in [0.29, 0.717) is 15.7 Å². The quantitative estimate of drug-likeness (QED) is 0.602. The van der Waals surface area contributed by atoms with E-state index in [0.717, 1.165) is 29.4 Å². The Morgan fingerprint density at radius 3 is 2.91 bits per heavy atom. The maximum atomic E-state index is 12.4. The lowest BCUT2D eigenvalue weighted by molar-refractivity contribution is -0.131. The molecule has 1 aromatic carbocycles. The molecule has 1 fully saturated rings. The van der Waals surface area contributed by atoms with Crippen molar-refractivity contribution in [3.05, 3.63) is 34.3 Å². The van der Waals surface area contributed by atoms with Gasteiger partial charge in [-0.05, 0) is 50.5 Å². The van der Waals surface area contributed by atoms with Crippen molar-refractivity contribution in [2.75, 3.05) is 12.3 Å². The lowest BCUT2D eigenvalue weighted by Crippen LogP contribution is -2.42. The van der Waals surface area contributed by atoms with E-state index in [4.69, 9.17) is 12.2 Å². The average Bonchev–Trinajstić information content (AvgIpc) is 2.95. The van der Waals surface area contributed by atoms with Crippen LogP contribution in [0.4, 0.5) is 0 Å². The summed E-state index contributed by atoms with van der Waals surface area (Å²) in [7, 11) is 0. The Morgan fingerprint density at radius 2 is 2.17 bits per heavy atom. The number of carbonyl (C=O) groups is 1. The van der Waals surface area contributed by atoms with E-state index in [1.165, 1.54) is 29.5 Å². The van der Waals surface area contributed by atoms with Crippen molar-refractivity contribution in [1.82, 2.24) is 14.7 Å². The molecule has 0 bridgehead atoms. The van der Waals surface area contributed by atoms with Gasteiger partial charge in [-0.15, -0.1) is 5.10 Å². The van der Waals surface area contributed by atoms with Gasteiger partial charge in [0.15, 0.2) is 8.29 Å². The summed E-state index contributed by atoms with van der Waals surface area (Å²) in [6, 6.07) is 10.2. The molecule has 2 heterocycles. The summed E-state index contributed by atoms with van der Waals surface area (Å²) < 4.78 is 3.31. The van der Waals surface area contributed by atoms with Gasteiger partial charge in [0.1, 0.15) is 0 Å². The Bertz CT molecular complexity index is 726. The molecule has 1 aliphatic heterocycles. The first kappa shape index (κ1) is 16.7. The maximum absolute atomic E-state index is 12.4. The van der Waals surface area contributed by atoms with Gasteiger partial charge < -0.3 is 4.90 Å². The SMILES string of the molecule is C[C@H]1CCCCN1C(=O)CSc1nn(-c2ccccc2)c(=S)s1. The van der Waals surface area contributed by atoms with Crippen molar-refractivity contribution in [2.24, 2.45) is 0 Å². The zero-order valence-electron chi connectivity index (χ0n) is 13.0. The second-order valence-electron chi connectivity index (χ2n) is 5.60. The minimum Gasteiger partial charge on any atom is -0.339 e. The Morgan fingerprint density at radius 1 is 1.39 bits per heavy atom. The van der Waals surface area contributed by atoms with Gasteiger partial charge in [0.25, 0.3) is 0 Å². The van der Waals surface area contributed by atoms with Gasteiger partial charge in [0.05, 0.1) is 11.4 Å². The van der Waals surface area contributed by atoms with Crippen LogP contribution in [0.5, 0.6) is 0 Å². The maximum Gasteiger partial charge on any atom is 0.233 e. The molecule has 1 atom stereocenters. The molecule has 0 radical (unpaired) electrons. The topological polar surface area (TPSA) is 38.1 Å². The van der Waals surface area contributed by atoms with E-state index in [1.807, 2.05) is 35.2 Å². The molecule has 0 N–H and O–H groups in total. The fourth-order valence-corrected chi connectivity index (χ4v) is 4.97. The first-order valence-corrected chi connectivity index (χ1v) is 9.94. The van der Waals surface area contributed by atoms with E-state index in [-0.39, 0.29) is 5.91 Å². The molecule has 0 saturated carbocycles. The van der Waals surface area contributed by atoms with Crippen molar-refractivity contribution < 1.29 is 4.79 Å². The van der Waals surface area contributed by atoms with Gasteiger partial charge in [-0.25, -0.2) is 4.68 Å². The largest absolute Gasteiger partial charge is 0.339 e. The Kier molecular flexibility index (Phi) is 5.50. The van der Waals surface area contributed by atoms with Crippen molar-refractivity contribution in [3.8, 4) is 5.69 Å². The summed E-state index contributed by atoms with van der Waals surface area (Å²) >= 11 is 8.33. The third-order valence-electron chi connectivity index (χ3n) is 3.97. The van der Waals surface area contributed by atoms with E-state index < -0.39 is 0 Å². The van der Waals surface area contributed by atoms with Crippen molar-refractivity contribution in [3.63, 3.8) is 0 Å². The number of aromatic nitrogens is 2. The molecule has 4 nitrogen and oxygen atoms in total. The predicted octanol–water partition coefficient (Wildman–Crippen LogP) is 4.16. The first-order chi connectivity index (χ1) is 11.1. The fourth-order valence-electron chi connectivity index (χ4n) is 2.73. The molecule has 122 valence electrons. The zero-order valence-corrected chi connectivity index (χ0v) is 15.4. The molecule has 7 heteroatoms. The Balaban J connectivity index is 1.65. The third kappa shape index (κ3) is 4.02. The zero-order chi connectivity index (χ0) is 16.2. The summed E-state index contributed by atoms with van der Waals surface area (Å²) in [4.78, 5) is 14.4. The molecule has 1 amide bonds. The summed E-state index contributed by atoms with van der Waals surface area (Å²) in [5.74, 6) is 0.635. The van der Waals surface area contributed by atoms with E-state index in [9.17, 15) is 4.79 Å². The number of piperidine rings is 1. The van der Waals surface area contributed by atoms with Crippen molar-refractivity contribution in [2.45, 2.75) is 36.6 Å². The summed E-state index contributed by atoms with van der Waals surface area (Å²) in [5, 5.41) is 4.54. The molecular weight excluding hydrogens is 346 g/mol. The van der Waals surface area contributed by atoms with Crippen LogP contribution in [0.2, 0.25) is 0 Å². The molecular formula is C16H19N3OS3. The number of nitrogens with zero attached hydrogens (tertiary/aromatic N) is 3. The lowest BCUT2D eigenvalue weighted by Gasteiger charge is -2.33. The molecule has 0 spiro atoms. The highest BCUT2D eigenvalue weighted by Gasteiger charge is 2.23. The van der Waals surface area contributed by atoms with Crippen LogP contribution in [0.15, 0.2) is 34.7 Å². The van der Waals surface area contributed by atoms with Crippen LogP contribution in [0, 0.1) is 3.95 Å². The van der Waals surface area contributed by atoms with Gasteiger partial charge >= 0.3 is 0 Å². The molecule has 1 aliphatic rings.